The quantitative estimate of drug-likeness (QED) is 0.286. The van der Waals surface area contributed by atoms with Gasteiger partial charge in [-0.3, -0.25) is 0 Å². The summed E-state index contributed by atoms with van der Waals surface area (Å²) in [5.41, 5.74) is -2.19. The molecule has 1 aliphatic heterocycles. The van der Waals surface area contributed by atoms with Crippen molar-refractivity contribution in [1.82, 2.24) is 0 Å². The first-order valence-corrected chi connectivity index (χ1v) is 8.14. The van der Waals surface area contributed by atoms with Crippen LogP contribution in [0.4, 0.5) is 0 Å². The van der Waals surface area contributed by atoms with Crippen molar-refractivity contribution < 1.29 is 49.7 Å². The van der Waals surface area contributed by atoms with E-state index in [9.17, 15) is 40.2 Å². The van der Waals surface area contributed by atoms with E-state index < -0.39 is 68.7 Å². The number of esters is 2. The molecule has 0 saturated heterocycles. The zero-order chi connectivity index (χ0) is 20.6. The lowest BCUT2D eigenvalue weighted by Gasteiger charge is -2.19. The summed E-state index contributed by atoms with van der Waals surface area (Å²) in [7, 11) is 0. The van der Waals surface area contributed by atoms with E-state index in [1.165, 1.54) is 0 Å². The number of fused-ring (bicyclic) bond motifs is 3. The molecule has 148 valence electrons. The van der Waals surface area contributed by atoms with Gasteiger partial charge in [0.2, 0.25) is 11.5 Å². The second-order valence-electron chi connectivity index (χ2n) is 6.01. The van der Waals surface area contributed by atoms with Gasteiger partial charge in [0.25, 0.3) is 0 Å². The highest BCUT2D eigenvalue weighted by Crippen LogP contribution is 2.52. The molecule has 0 atom stereocenters. The fraction of sp³-hybridized carbons (Fsp3) is 0.222. The van der Waals surface area contributed by atoms with E-state index in [2.05, 4.69) is 0 Å². The van der Waals surface area contributed by atoms with Crippen LogP contribution < -0.4 is 0 Å². The van der Waals surface area contributed by atoms with Crippen molar-refractivity contribution in [2.24, 2.45) is 0 Å². The lowest BCUT2D eigenvalue weighted by Crippen LogP contribution is -2.14. The van der Waals surface area contributed by atoms with Crippen molar-refractivity contribution in [2.75, 3.05) is 13.2 Å². The molecule has 6 N–H and O–H groups in total. The van der Waals surface area contributed by atoms with Gasteiger partial charge in [-0.15, -0.1) is 0 Å². The van der Waals surface area contributed by atoms with Gasteiger partial charge < -0.3 is 40.1 Å². The van der Waals surface area contributed by atoms with Crippen LogP contribution in [0.25, 0.3) is 11.1 Å². The third kappa shape index (κ3) is 3.04. The molecule has 1 heterocycles. The third-order valence-electron chi connectivity index (χ3n) is 4.20. The van der Waals surface area contributed by atoms with Crippen molar-refractivity contribution in [3.63, 3.8) is 0 Å². The number of aromatic hydroxyl groups is 6. The summed E-state index contributed by atoms with van der Waals surface area (Å²) in [6, 6.07) is 1.55. The van der Waals surface area contributed by atoms with Crippen molar-refractivity contribution in [3.05, 3.63) is 23.3 Å². The fourth-order valence-corrected chi connectivity index (χ4v) is 2.81. The van der Waals surface area contributed by atoms with Gasteiger partial charge in [-0.2, -0.15) is 0 Å². The third-order valence-corrected chi connectivity index (χ3v) is 4.20. The first-order chi connectivity index (χ1) is 13.2. The van der Waals surface area contributed by atoms with Crippen molar-refractivity contribution in [3.8, 4) is 45.6 Å². The summed E-state index contributed by atoms with van der Waals surface area (Å²) in [6.07, 6.45) is 0.701. The van der Waals surface area contributed by atoms with Crippen LogP contribution in [0, 0.1) is 0 Å². The smallest absolute Gasteiger partial charge is 0.339 e. The van der Waals surface area contributed by atoms with Crippen LogP contribution in [0.15, 0.2) is 12.1 Å². The van der Waals surface area contributed by atoms with Crippen LogP contribution in [0.2, 0.25) is 0 Å². The molecule has 0 radical (unpaired) electrons. The summed E-state index contributed by atoms with van der Waals surface area (Å²) in [5.74, 6) is -7.94. The van der Waals surface area contributed by atoms with Crippen molar-refractivity contribution >= 4 is 11.9 Å². The van der Waals surface area contributed by atoms with Gasteiger partial charge in [0, 0.05) is 11.1 Å². The highest BCUT2D eigenvalue weighted by Gasteiger charge is 2.32. The Morgan fingerprint density at radius 1 is 0.607 bits per heavy atom. The van der Waals surface area contributed by atoms with Gasteiger partial charge in [-0.25, -0.2) is 9.59 Å². The number of phenols is 6. The summed E-state index contributed by atoms with van der Waals surface area (Å²) in [5, 5.41) is 60.0. The number of benzene rings is 2. The molecule has 10 heteroatoms. The first kappa shape index (κ1) is 19.0. The first-order valence-electron chi connectivity index (χ1n) is 8.14. The molecular weight excluding hydrogens is 376 g/mol. The Labute approximate surface area is 157 Å². The van der Waals surface area contributed by atoms with E-state index in [-0.39, 0.29) is 13.2 Å². The van der Waals surface area contributed by atoms with Gasteiger partial charge >= 0.3 is 11.9 Å². The second kappa shape index (κ2) is 7.06. The Kier molecular flexibility index (Phi) is 4.78. The normalized spacial score (nSPS) is 14.7. The standard InChI is InChI=1S/C18H16O10/c19-9-5-7-11(15(23)13(9)21)12-8(6-10(20)14(22)16(12)24)18(26)28-4-2-1-3-27-17(7)25/h5-6,19-24H,1-4H2. The van der Waals surface area contributed by atoms with Crippen molar-refractivity contribution in [1.29, 1.82) is 0 Å². The zero-order valence-corrected chi connectivity index (χ0v) is 14.3. The van der Waals surface area contributed by atoms with Gasteiger partial charge in [0.1, 0.15) is 0 Å². The van der Waals surface area contributed by atoms with E-state index in [1.807, 2.05) is 0 Å². The molecule has 2 aromatic rings. The van der Waals surface area contributed by atoms with Gasteiger partial charge in [-0.05, 0) is 25.0 Å². The molecule has 0 amide bonds. The number of rotatable bonds is 0. The van der Waals surface area contributed by atoms with Crippen LogP contribution in [-0.2, 0) is 9.47 Å². The molecule has 0 fully saturated rings. The molecular formula is C18H16O10. The number of cyclic esters (lactones) is 2. The van der Waals surface area contributed by atoms with Crippen LogP contribution in [0.5, 0.6) is 34.5 Å². The van der Waals surface area contributed by atoms with E-state index in [4.69, 9.17) is 9.47 Å². The monoisotopic (exact) mass is 392 g/mol. The number of hydrogen-bond donors (Lipinski definition) is 6. The SMILES string of the molecule is O=C1OCCCCOC(=O)c2cc(O)c(O)c(O)c2-c2c1cc(O)c(O)c2O. The molecule has 2 aromatic carbocycles. The van der Waals surface area contributed by atoms with Crippen molar-refractivity contribution in [2.45, 2.75) is 12.8 Å². The maximum absolute atomic E-state index is 12.5. The molecule has 1 aliphatic rings. The number of carbonyl (C=O) groups excluding carboxylic acids is 2. The molecule has 0 saturated carbocycles. The van der Waals surface area contributed by atoms with E-state index >= 15 is 0 Å². The number of hydrogen-bond acceptors (Lipinski definition) is 10. The molecule has 28 heavy (non-hydrogen) atoms. The lowest BCUT2D eigenvalue weighted by atomic mass is 9.92. The van der Waals surface area contributed by atoms with Gasteiger partial charge in [0.15, 0.2) is 23.0 Å². The highest BCUT2D eigenvalue weighted by atomic mass is 16.5. The predicted octanol–water partition coefficient (Wildman–Crippen LogP) is 1.69. The van der Waals surface area contributed by atoms with Gasteiger partial charge in [-0.1, -0.05) is 0 Å². The minimum absolute atomic E-state index is 0.0576. The van der Waals surface area contributed by atoms with Crippen LogP contribution in [0.3, 0.4) is 0 Å². The Bertz CT molecular complexity index is 900. The summed E-state index contributed by atoms with van der Waals surface area (Å²) < 4.78 is 10.1. The molecule has 0 bridgehead atoms. The molecule has 0 aromatic heterocycles. The van der Waals surface area contributed by atoms with E-state index in [1.54, 1.807) is 0 Å². The molecule has 0 unspecified atom stereocenters. The maximum atomic E-state index is 12.5. The number of carbonyl (C=O) groups is 2. The predicted molar refractivity (Wildman–Crippen MR) is 91.7 cm³/mol. The van der Waals surface area contributed by atoms with Gasteiger partial charge in [0.05, 0.1) is 24.3 Å². The summed E-state index contributed by atoms with van der Waals surface area (Å²) in [6.45, 7) is -0.115. The van der Waals surface area contributed by atoms with E-state index in [0.717, 1.165) is 12.1 Å². The lowest BCUT2D eigenvalue weighted by molar-refractivity contribution is 0.0429. The van der Waals surface area contributed by atoms with Crippen LogP contribution in [-0.4, -0.2) is 55.8 Å². The second-order valence-corrected chi connectivity index (χ2v) is 6.01. The zero-order valence-electron chi connectivity index (χ0n) is 14.3. The number of ether oxygens (including phenoxy) is 2. The summed E-state index contributed by atoms with van der Waals surface area (Å²) in [4.78, 5) is 24.9. The van der Waals surface area contributed by atoms with E-state index in [0.29, 0.717) is 12.8 Å². The molecule has 10 nitrogen and oxygen atoms in total. The summed E-state index contributed by atoms with van der Waals surface area (Å²) >= 11 is 0. The molecule has 3 rings (SSSR count). The Morgan fingerprint density at radius 2 is 0.964 bits per heavy atom. The minimum atomic E-state index is -1.06. The molecule has 0 aliphatic carbocycles. The topological polar surface area (TPSA) is 174 Å². The Balaban J connectivity index is 2.44. The Hall–Kier alpha value is -3.82. The fourth-order valence-electron chi connectivity index (χ4n) is 2.81. The molecule has 0 spiro atoms. The average molecular weight is 392 g/mol. The minimum Gasteiger partial charge on any atom is -0.504 e. The van der Waals surface area contributed by atoms with Crippen LogP contribution >= 0.6 is 0 Å². The maximum Gasteiger partial charge on any atom is 0.339 e. The number of phenolic OH excluding ortho intramolecular Hbond substituents is 6. The van der Waals surface area contributed by atoms with Crippen LogP contribution in [0.1, 0.15) is 33.6 Å². The largest absolute Gasteiger partial charge is 0.504 e. The Morgan fingerprint density at radius 3 is 1.32 bits per heavy atom. The highest BCUT2D eigenvalue weighted by molar-refractivity contribution is 6.08. The average Bonchev–Trinajstić information content (AvgIpc) is 2.66.